The van der Waals surface area contributed by atoms with Crippen molar-refractivity contribution in [2.75, 3.05) is 12.3 Å². The fourth-order valence-electron chi connectivity index (χ4n) is 2.59. The zero-order chi connectivity index (χ0) is 18.5. The van der Waals surface area contributed by atoms with E-state index < -0.39 is 0 Å². The first-order chi connectivity index (χ1) is 12.7. The molecule has 0 bridgehead atoms. The lowest BCUT2D eigenvalue weighted by molar-refractivity contribution is 0.270. The summed E-state index contributed by atoms with van der Waals surface area (Å²) >= 11 is 0. The zero-order valence-corrected chi connectivity index (χ0v) is 13.7. The van der Waals surface area contributed by atoms with Crippen molar-refractivity contribution in [1.82, 2.24) is 20.0 Å². The summed E-state index contributed by atoms with van der Waals surface area (Å²) in [6.45, 7) is -0.0398. The molecule has 2 heterocycles. The Labute approximate surface area is 149 Å². The number of anilines is 1. The minimum atomic E-state index is -0.179. The molecule has 2 aromatic heterocycles. The van der Waals surface area contributed by atoms with Crippen LogP contribution in [0.5, 0.6) is 0 Å². The van der Waals surface area contributed by atoms with E-state index in [0.29, 0.717) is 5.56 Å². The van der Waals surface area contributed by atoms with Crippen LogP contribution in [0.4, 0.5) is 5.82 Å². The lowest BCUT2D eigenvalue weighted by Crippen LogP contribution is -2.07. The Bertz CT molecular complexity index is 1030. The predicted molar refractivity (Wildman–Crippen MR) is 95.9 cm³/mol. The summed E-state index contributed by atoms with van der Waals surface area (Å²) in [5, 5.41) is 39.2. The summed E-state index contributed by atoms with van der Waals surface area (Å²) in [5.41, 5.74) is 8.72. The van der Waals surface area contributed by atoms with Crippen LogP contribution in [-0.2, 0) is 6.54 Å². The highest BCUT2D eigenvalue weighted by atomic mass is 16.3. The van der Waals surface area contributed by atoms with Crippen molar-refractivity contribution in [2.45, 2.75) is 6.54 Å². The van der Waals surface area contributed by atoms with Gasteiger partial charge >= 0.3 is 0 Å². The van der Waals surface area contributed by atoms with Gasteiger partial charge in [0.25, 0.3) is 0 Å². The normalized spacial score (nSPS) is 11.1. The first kappa shape index (κ1) is 17.0. The van der Waals surface area contributed by atoms with E-state index in [2.05, 4.69) is 21.4 Å². The van der Waals surface area contributed by atoms with Crippen LogP contribution in [-0.4, -0.2) is 31.7 Å². The second-order valence-electron chi connectivity index (χ2n) is 5.40. The molecule has 128 valence electrons. The number of nitriles is 2. The molecule has 0 saturated heterocycles. The molecule has 0 aliphatic rings. The number of allylic oxidation sites excluding steroid dienone is 1. The molecule has 0 aliphatic heterocycles. The number of nitrogens with one attached hydrogen (secondary N) is 1. The first-order valence-corrected chi connectivity index (χ1v) is 7.77. The number of benzene rings is 1. The minimum Gasteiger partial charge on any atom is -0.394 e. The third-order valence-electron chi connectivity index (χ3n) is 3.82. The molecule has 0 saturated carbocycles. The fraction of sp³-hybridized carbons (Fsp3) is 0.111. The van der Waals surface area contributed by atoms with E-state index in [-0.39, 0.29) is 35.8 Å². The van der Waals surface area contributed by atoms with Crippen LogP contribution < -0.4 is 5.73 Å². The summed E-state index contributed by atoms with van der Waals surface area (Å²) in [7, 11) is 0. The lowest BCUT2D eigenvalue weighted by atomic mass is 10.0. The number of hydrogen-bond acceptors (Lipinski definition) is 6. The number of rotatable bonds is 5. The molecule has 0 spiro atoms. The van der Waals surface area contributed by atoms with Gasteiger partial charge in [-0.3, -0.25) is 5.10 Å². The van der Waals surface area contributed by atoms with Gasteiger partial charge in [-0.15, -0.1) is 0 Å². The maximum Gasteiger partial charge on any atom is 0.140 e. The number of nitrogen functional groups attached to an aromatic ring is 1. The molecule has 3 rings (SSSR count). The van der Waals surface area contributed by atoms with Crippen LogP contribution in [0, 0.1) is 22.7 Å². The Morgan fingerprint density at radius 1 is 1.31 bits per heavy atom. The average Bonchev–Trinajstić information content (AvgIpc) is 3.25. The molecule has 3 aromatic rings. The molecule has 8 nitrogen and oxygen atoms in total. The van der Waals surface area contributed by atoms with Crippen LogP contribution in [0.3, 0.4) is 0 Å². The largest absolute Gasteiger partial charge is 0.394 e. The fourth-order valence-corrected chi connectivity index (χ4v) is 2.59. The van der Waals surface area contributed by atoms with Crippen molar-refractivity contribution in [3.8, 4) is 23.4 Å². The highest BCUT2D eigenvalue weighted by Crippen LogP contribution is 2.28. The topological polar surface area (TPSA) is 140 Å². The Hall–Kier alpha value is -3.88. The van der Waals surface area contributed by atoms with E-state index >= 15 is 0 Å². The second kappa shape index (κ2) is 7.34. The van der Waals surface area contributed by atoms with E-state index in [1.165, 1.54) is 4.68 Å². The van der Waals surface area contributed by atoms with Gasteiger partial charge in [-0.05, 0) is 6.08 Å². The number of nitrogens with zero attached hydrogens (tertiary/aromatic N) is 5. The van der Waals surface area contributed by atoms with E-state index in [4.69, 9.17) is 10.8 Å². The number of nitrogens with two attached hydrogens (primary N) is 1. The number of H-pyrrole nitrogens is 1. The van der Waals surface area contributed by atoms with Crippen molar-refractivity contribution >= 4 is 17.5 Å². The number of aromatic amines is 1. The van der Waals surface area contributed by atoms with Gasteiger partial charge in [0, 0.05) is 11.1 Å². The van der Waals surface area contributed by atoms with E-state index in [1.54, 1.807) is 12.3 Å². The van der Waals surface area contributed by atoms with E-state index in [1.807, 2.05) is 36.4 Å². The van der Waals surface area contributed by atoms with Gasteiger partial charge in [0.05, 0.1) is 30.6 Å². The quantitative estimate of drug-likeness (QED) is 0.602. The van der Waals surface area contributed by atoms with Gasteiger partial charge in [-0.2, -0.15) is 20.7 Å². The SMILES string of the molecule is N#C/C(=C/c1cn[nH]c1-c1ccccc1)c1nn(CCO)c(N)c1C#N. The molecular weight excluding hydrogens is 330 g/mol. The zero-order valence-electron chi connectivity index (χ0n) is 13.7. The minimum absolute atomic E-state index is 0.107. The maximum absolute atomic E-state index is 9.59. The van der Waals surface area contributed by atoms with E-state index in [0.717, 1.165) is 11.3 Å². The van der Waals surface area contributed by atoms with Gasteiger partial charge in [0.15, 0.2) is 0 Å². The molecule has 0 radical (unpaired) electrons. The lowest BCUT2D eigenvalue weighted by Gasteiger charge is -2.00. The molecule has 0 fully saturated rings. The third kappa shape index (κ3) is 3.05. The van der Waals surface area contributed by atoms with Gasteiger partial charge in [0.2, 0.25) is 0 Å². The van der Waals surface area contributed by atoms with Crippen molar-refractivity contribution in [3.05, 3.63) is 53.3 Å². The molecular formula is C18H15N7O. The number of aliphatic hydroxyl groups is 1. The van der Waals surface area contributed by atoms with Crippen LogP contribution in [0.2, 0.25) is 0 Å². The van der Waals surface area contributed by atoms with Crippen LogP contribution in [0.1, 0.15) is 16.8 Å². The Morgan fingerprint density at radius 3 is 2.73 bits per heavy atom. The molecule has 4 N–H and O–H groups in total. The second-order valence-corrected chi connectivity index (χ2v) is 5.40. The average molecular weight is 345 g/mol. The van der Waals surface area contributed by atoms with Gasteiger partial charge in [0.1, 0.15) is 29.2 Å². The smallest absolute Gasteiger partial charge is 0.140 e. The summed E-state index contributed by atoms with van der Waals surface area (Å²) in [6.07, 6.45) is 3.21. The summed E-state index contributed by atoms with van der Waals surface area (Å²) in [6, 6.07) is 13.6. The molecule has 0 atom stereocenters. The maximum atomic E-state index is 9.59. The van der Waals surface area contributed by atoms with Crippen molar-refractivity contribution < 1.29 is 5.11 Å². The molecule has 0 unspecified atom stereocenters. The third-order valence-corrected chi connectivity index (χ3v) is 3.82. The van der Waals surface area contributed by atoms with Crippen molar-refractivity contribution in [3.63, 3.8) is 0 Å². The molecule has 1 aromatic carbocycles. The van der Waals surface area contributed by atoms with Gasteiger partial charge in [-0.1, -0.05) is 30.3 Å². The van der Waals surface area contributed by atoms with Gasteiger partial charge < -0.3 is 10.8 Å². The monoisotopic (exact) mass is 345 g/mol. The molecule has 0 amide bonds. The molecule has 8 heteroatoms. The van der Waals surface area contributed by atoms with Crippen LogP contribution >= 0.6 is 0 Å². The molecule has 0 aliphatic carbocycles. The Kier molecular flexibility index (Phi) is 4.79. The number of aliphatic hydroxyl groups excluding tert-OH is 1. The van der Waals surface area contributed by atoms with Crippen molar-refractivity contribution in [1.29, 1.82) is 10.5 Å². The Balaban J connectivity index is 2.10. The Morgan fingerprint density at radius 2 is 2.08 bits per heavy atom. The summed E-state index contributed by atoms with van der Waals surface area (Å²) < 4.78 is 1.31. The standard InChI is InChI=1S/C18H15N7O/c19-9-13(17-15(10-20)18(21)25(24-17)6-7-26)8-14-11-22-23-16(14)12-4-2-1-3-5-12/h1-5,8,11,26H,6-7,21H2,(H,22,23)/b13-8-. The predicted octanol–water partition coefficient (Wildman–Crippen LogP) is 1.78. The first-order valence-electron chi connectivity index (χ1n) is 7.77. The van der Waals surface area contributed by atoms with Gasteiger partial charge in [-0.25, -0.2) is 4.68 Å². The highest BCUT2D eigenvalue weighted by molar-refractivity contribution is 5.93. The summed E-state index contributed by atoms with van der Waals surface area (Å²) in [5.74, 6) is 0.119. The summed E-state index contributed by atoms with van der Waals surface area (Å²) in [4.78, 5) is 0. The van der Waals surface area contributed by atoms with Crippen LogP contribution in [0.25, 0.3) is 22.9 Å². The highest BCUT2D eigenvalue weighted by Gasteiger charge is 2.19. The van der Waals surface area contributed by atoms with E-state index in [9.17, 15) is 10.5 Å². The van der Waals surface area contributed by atoms with Crippen LogP contribution in [0.15, 0.2) is 36.5 Å². The number of hydrogen-bond donors (Lipinski definition) is 3. The molecule has 26 heavy (non-hydrogen) atoms. The van der Waals surface area contributed by atoms with Crippen molar-refractivity contribution in [2.24, 2.45) is 0 Å². The number of aromatic nitrogens is 4.